The number of Topliss-reactive ketones (excluding diaryl/α,β-unsaturated/α-hetero) is 1. The van der Waals surface area contributed by atoms with Crippen LogP contribution in [0.2, 0.25) is 0 Å². The molecule has 2 amide bonds. The molecule has 24 heavy (non-hydrogen) atoms. The first-order valence-corrected chi connectivity index (χ1v) is 7.11. The Morgan fingerprint density at radius 2 is 1.92 bits per heavy atom. The summed E-state index contributed by atoms with van der Waals surface area (Å²) in [7, 11) is 0. The lowest BCUT2D eigenvalue weighted by molar-refractivity contribution is -0.149. The standard InChI is InChI=1S/C16H18N4O4/c1-10(18)13(8-17)14(21)9-24-15(22)11(2)19-16(23)20-12-6-4-3-5-7-12/h3-7,11,13,18H,9H2,1-2H3,(H2,19,20,23)/t11-,13+/m0/s1. The Bertz CT molecular complexity index is 666. The highest BCUT2D eigenvalue weighted by Gasteiger charge is 2.23. The topological polar surface area (TPSA) is 132 Å². The van der Waals surface area contributed by atoms with Crippen molar-refractivity contribution in [2.45, 2.75) is 19.9 Å². The summed E-state index contributed by atoms with van der Waals surface area (Å²) >= 11 is 0. The summed E-state index contributed by atoms with van der Waals surface area (Å²) in [6, 6.07) is 8.75. The Balaban J connectivity index is 2.45. The van der Waals surface area contributed by atoms with Crippen LogP contribution in [0.4, 0.5) is 10.5 Å². The largest absolute Gasteiger partial charge is 0.456 e. The highest BCUT2D eigenvalue weighted by Crippen LogP contribution is 2.05. The van der Waals surface area contributed by atoms with Crippen LogP contribution in [-0.2, 0) is 14.3 Å². The maximum atomic E-state index is 11.8. The van der Waals surface area contributed by atoms with Gasteiger partial charge in [-0.1, -0.05) is 18.2 Å². The molecule has 0 bridgehead atoms. The number of carbonyl (C=O) groups is 3. The number of nitrogens with one attached hydrogen (secondary N) is 3. The Labute approximate surface area is 139 Å². The second-order valence-corrected chi connectivity index (χ2v) is 5.01. The molecule has 8 nitrogen and oxygen atoms in total. The fraction of sp³-hybridized carbons (Fsp3) is 0.312. The lowest BCUT2D eigenvalue weighted by Gasteiger charge is -2.14. The summed E-state index contributed by atoms with van der Waals surface area (Å²) in [5.41, 5.74) is 0.441. The van der Waals surface area contributed by atoms with E-state index in [1.54, 1.807) is 36.4 Å². The fourth-order valence-electron chi connectivity index (χ4n) is 1.71. The van der Waals surface area contributed by atoms with Crippen LogP contribution in [0.3, 0.4) is 0 Å². The second kappa shape index (κ2) is 9.05. The lowest BCUT2D eigenvalue weighted by atomic mass is 10.0. The molecule has 126 valence electrons. The second-order valence-electron chi connectivity index (χ2n) is 5.01. The number of ketones is 1. The zero-order valence-electron chi connectivity index (χ0n) is 13.3. The van der Waals surface area contributed by atoms with Crippen molar-refractivity contribution in [3.8, 4) is 6.07 Å². The minimum Gasteiger partial charge on any atom is -0.456 e. The number of para-hydroxylation sites is 1. The number of benzene rings is 1. The van der Waals surface area contributed by atoms with Gasteiger partial charge in [0.2, 0.25) is 0 Å². The number of nitriles is 1. The maximum Gasteiger partial charge on any atom is 0.328 e. The number of esters is 1. The molecular formula is C16H18N4O4. The summed E-state index contributed by atoms with van der Waals surface area (Å²) in [5, 5.41) is 21.0. The average molecular weight is 330 g/mol. The van der Waals surface area contributed by atoms with Crippen LogP contribution in [0.15, 0.2) is 30.3 Å². The number of rotatable bonds is 7. The SMILES string of the molecule is CC(=N)[C@@H](C#N)C(=O)COC(=O)[C@H](C)NC(=O)Nc1ccccc1. The van der Waals surface area contributed by atoms with Gasteiger partial charge in [-0.05, 0) is 26.0 Å². The third-order valence-corrected chi connectivity index (χ3v) is 2.97. The van der Waals surface area contributed by atoms with Crippen LogP contribution in [0, 0.1) is 22.7 Å². The van der Waals surface area contributed by atoms with Crippen molar-refractivity contribution in [3.63, 3.8) is 0 Å². The van der Waals surface area contributed by atoms with Gasteiger partial charge < -0.3 is 20.8 Å². The van der Waals surface area contributed by atoms with Crippen LogP contribution >= 0.6 is 0 Å². The first-order chi connectivity index (χ1) is 11.3. The van der Waals surface area contributed by atoms with Gasteiger partial charge in [0.1, 0.15) is 12.0 Å². The van der Waals surface area contributed by atoms with Crippen molar-refractivity contribution in [2.24, 2.45) is 5.92 Å². The van der Waals surface area contributed by atoms with Gasteiger partial charge in [-0.15, -0.1) is 0 Å². The first-order valence-electron chi connectivity index (χ1n) is 7.11. The minimum atomic E-state index is -1.23. The van der Waals surface area contributed by atoms with Gasteiger partial charge in [0, 0.05) is 11.4 Å². The van der Waals surface area contributed by atoms with Gasteiger partial charge in [-0.2, -0.15) is 5.26 Å². The molecule has 0 saturated heterocycles. The van der Waals surface area contributed by atoms with Crippen LogP contribution in [0.5, 0.6) is 0 Å². The molecule has 1 aromatic rings. The van der Waals surface area contributed by atoms with Crippen LogP contribution < -0.4 is 10.6 Å². The van der Waals surface area contributed by atoms with Crippen LogP contribution in [0.1, 0.15) is 13.8 Å². The molecule has 0 unspecified atom stereocenters. The molecule has 0 radical (unpaired) electrons. The number of anilines is 1. The summed E-state index contributed by atoms with van der Waals surface area (Å²) in [4.78, 5) is 35.2. The lowest BCUT2D eigenvalue weighted by Crippen LogP contribution is -2.42. The summed E-state index contributed by atoms with van der Waals surface area (Å²) in [6.45, 7) is 2.10. The Hall–Kier alpha value is -3.21. The van der Waals surface area contributed by atoms with Crippen molar-refractivity contribution in [1.29, 1.82) is 10.7 Å². The van der Waals surface area contributed by atoms with E-state index in [2.05, 4.69) is 10.6 Å². The van der Waals surface area contributed by atoms with Crippen molar-refractivity contribution in [1.82, 2.24) is 5.32 Å². The smallest absolute Gasteiger partial charge is 0.328 e. The van der Waals surface area contributed by atoms with Gasteiger partial charge in [0.25, 0.3) is 0 Å². The quantitative estimate of drug-likeness (QED) is 0.514. The van der Waals surface area contributed by atoms with Crippen LogP contribution in [-0.4, -0.2) is 36.1 Å². The van der Waals surface area contributed by atoms with Crippen LogP contribution in [0.25, 0.3) is 0 Å². The predicted molar refractivity (Wildman–Crippen MR) is 86.5 cm³/mol. The van der Waals surface area contributed by atoms with Gasteiger partial charge >= 0.3 is 12.0 Å². The molecule has 0 saturated carbocycles. The number of hydrogen-bond donors (Lipinski definition) is 3. The number of ether oxygens (including phenoxy) is 1. The fourth-order valence-corrected chi connectivity index (χ4v) is 1.71. The molecule has 0 aliphatic carbocycles. The number of amides is 2. The molecule has 8 heteroatoms. The number of hydrogen-bond acceptors (Lipinski definition) is 6. The van der Waals surface area contributed by atoms with Crippen molar-refractivity contribution < 1.29 is 19.1 Å². The molecule has 1 rings (SSSR count). The van der Waals surface area contributed by atoms with Gasteiger partial charge in [-0.3, -0.25) is 4.79 Å². The Kier molecular flexibility index (Phi) is 7.10. The normalized spacial score (nSPS) is 12.2. The summed E-state index contributed by atoms with van der Waals surface area (Å²) in [6.07, 6.45) is 0. The van der Waals surface area contributed by atoms with Gasteiger partial charge in [0.05, 0.1) is 6.07 Å². The monoisotopic (exact) mass is 330 g/mol. The van der Waals surface area contributed by atoms with Gasteiger partial charge in [-0.25, -0.2) is 9.59 Å². The zero-order valence-corrected chi connectivity index (χ0v) is 13.3. The van der Waals surface area contributed by atoms with E-state index in [-0.39, 0.29) is 5.71 Å². The van der Waals surface area contributed by atoms with Gasteiger partial charge in [0.15, 0.2) is 12.4 Å². The van der Waals surface area contributed by atoms with E-state index in [4.69, 9.17) is 15.4 Å². The van der Waals surface area contributed by atoms with E-state index in [0.29, 0.717) is 5.69 Å². The molecule has 1 aromatic carbocycles. The highest BCUT2D eigenvalue weighted by atomic mass is 16.5. The molecule has 0 heterocycles. The maximum absolute atomic E-state index is 11.8. The van der Waals surface area contributed by atoms with Crippen molar-refractivity contribution >= 4 is 29.2 Å². The minimum absolute atomic E-state index is 0.119. The third kappa shape index (κ3) is 5.88. The number of carbonyl (C=O) groups excluding carboxylic acids is 3. The molecule has 0 aliphatic rings. The molecule has 0 aliphatic heterocycles. The van der Waals surface area contributed by atoms with E-state index >= 15 is 0 Å². The molecule has 0 fully saturated rings. The predicted octanol–water partition coefficient (Wildman–Crippen LogP) is 1.49. The van der Waals surface area contributed by atoms with Crippen molar-refractivity contribution in [2.75, 3.05) is 11.9 Å². The van der Waals surface area contributed by atoms with E-state index in [1.165, 1.54) is 13.8 Å². The van der Waals surface area contributed by atoms with E-state index in [0.717, 1.165) is 0 Å². The summed E-state index contributed by atoms with van der Waals surface area (Å²) in [5.74, 6) is -2.73. The third-order valence-electron chi connectivity index (χ3n) is 2.97. The summed E-state index contributed by atoms with van der Waals surface area (Å²) < 4.78 is 4.77. The number of urea groups is 1. The highest BCUT2D eigenvalue weighted by molar-refractivity contribution is 6.06. The Morgan fingerprint density at radius 1 is 1.29 bits per heavy atom. The molecule has 0 aromatic heterocycles. The van der Waals surface area contributed by atoms with Crippen molar-refractivity contribution in [3.05, 3.63) is 30.3 Å². The molecule has 2 atom stereocenters. The molecular weight excluding hydrogens is 312 g/mol. The average Bonchev–Trinajstić information content (AvgIpc) is 2.53. The Morgan fingerprint density at radius 3 is 2.46 bits per heavy atom. The zero-order chi connectivity index (χ0) is 18.1. The van der Waals surface area contributed by atoms with E-state index in [1.807, 2.05) is 0 Å². The molecule has 3 N–H and O–H groups in total. The first kappa shape index (κ1) is 18.8. The van der Waals surface area contributed by atoms with E-state index in [9.17, 15) is 14.4 Å². The molecule has 0 spiro atoms. The number of nitrogens with zero attached hydrogens (tertiary/aromatic N) is 1. The van der Waals surface area contributed by atoms with E-state index < -0.39 is 36.4 Å².